The summed E-state index contributed by atoms with van der Waals surface area (Å²) in [6.07, 6.45) is 5.08. The first-order chi connectivity index (χ1) is 12.0. The van der Waals surface area contributed by atoms with Crippen LogP contribution < -0.4 is 16.5 Å². The van der Waals surface area contributed by atoms with Crippen molar-refractivity contribution in [2.24, 2.45) is 16.0 Å². The molecule has 1 unspecified atom stereocenters. The van der Waals surface area contributed by atoms with Gasteiger partial charge in [0, 0.05) is 24.0 Å². The van der Waals surface area contributed by atoms with E-state index in [0.717, 1.165) is 19.3 Å². The van der Waals surface area contributed by atoms with Crippen molar-refractivity contribution in [2.45, 2.75) is 56.2 Å². The molecule has 2 atom stereocenters. The van der Waals surface area contributed by atoms with Gasteiger partial charge in [0.25, 0.3) is 0 Å². The number of amides is 1. The highest BCUT2D eigenvalue weighted by molar-refractivity contribution is 8.77. The average Bonchev–Trinajstić information content (AvgIpc) is 3.08. The molecule has 11 heteroatoms. The molecule has 5 N–H and O–H groups in total. The molecule has 25 heavy (non-hydrogen) atoms. The normalized spacial score (nSPS) is 18.6. The summed E-state index contributed by atoms with van der Waals surface area (Å²) in [5.74, 6) is -0.231. The predicted molar refractivity (Wildman–Crippen MR) is 101 cm³/mol. The van der Waals surface area contributed by atoms with Crippen molar-refractivity contribution in [1.29, 1.82) is 0 Å². The second kappa shape index (κ2) is 12.8. The van der Waals surface area contributed by atoms with Gasteiger partial charge in [-0.15, -0.1) is 4.91 Å². The molecule has 0 aromatic heterocycles. The van der Waals surface area contributed by atoms with E-state index >= 15 is 0 Å². The molecule has 1 amide bonds. The molecule has 1 fully saturated rings. The van der Waals surface area contributed by atoms with E-state index in [4.69, 9.17) is 5.73 Å². The molecule has 0 saturated carbocycles. The zero-order chi connectivity index (χ0) is 18.5. The van der Waals surface area contributed by atoms with Crippen molar-refractivity contribution in [3.05, 3.63) is 4.91 Å². The number of unbranched alkanes of at least 4 members (excludes halogenated alkanes) is 1. The Hall–Kier alpha value is -1.49. The average molecular weight is 392 g/mol. The molecule has 0 radical (unpaired) electrons. The van der Waals surface area contributed by atoms with Crippen LogP contribution in [0.5, 0.6) is 0 Å². The standard InChI is InChI=1S/C14H25N5O4S2/c15-14(18-19-23)16-8-3-5-11(13(21)22)17-12(20)6-2-1-4-10-7-9-24-25-10/h10-11H,1-9H2,(H,17,20)(H,21,22)(H3,15,16,18,23)/t10?,11-/m0/s1. The van der Waals surface area contributed by atoms with Crippen LogP contribution in [0.25, 0.3) is 0 Å². The number of carbonyl (C=O) groups is 2. The summed E-state index contributed by atoms with van der Waals surface area (Å²) in [5, 5.41) is 14.8. The van der Waals surface area contributed by atoms with E-state index in [-0.39, 0.29) is 24.8 Å². The van der Waals surface area contributed by atoms with Gasteiger partial charge in [0.05, 0.1) is 5.29 Å². The molecule has 0 aliphatic carbocycles. The first kappa shape index (κ1) is 21.6. The molecule has 0 bridgehead atoms. The quantitative estimate of drug-likeness (QED) is 0.0980. The summed E-state index contributed by atoms with van der Waals surface area (Å²) in [4.78, 5) is 36.8. The third kappa shape index (κ3) is 10.2. The van der Waals surface area contributed by atoms with E-state index in [1.54, 1.807) is 0 Å². The SMILES string of the molecule is NC(=NCCC[C@H](NC(=O)CCCCC1CCSS1)C(=O)O)NN=O. The molecule has 1 aliphatic rings. The minimum Gasteiger partial charge on any atom is -0.480 e. The van der Waals surface area contributed by atoms with Crippen LogP contribution in [0.4, 0.5) is 0 Å². The topological polar surface area (TPSA) is 146 Å². The van der Waals surface area contributed by atoms with Gasteiger partial charge < -0.3 is 16.2 Å². The lowest BCUT2D eigenvalue weighted by Crippen LogP contribution is -2.40. The van der Waals surface area contributed by atoms with Gasteiger partial charge in [-0.2, -0.15) is 0 Å². The van der Waals surface area contributed by atoms with Crippen LogP contribution in [0.2, 0.25) is 0 Å². The Morgan fingerprint density at radius 3 is 2.76 bits per heavy atom. The Bertz CT molecular complexity index is 472. The summed E-state index contributed by atoms with van der Waals surface area (Å²) >= 11 is 0. The predicted octanol–water partition coefficient (Wildman–Crippen LogP) is 1.64. The Balaban J connectivity index is 2.19. The second-order valence-corrected chi connectivity index (χ2v) is 8.43. The van der Waals surface area contributed by atoms with Gasteiger partial charge in [-0.3, -0.25) is 9.79 Å². The second-order valence-electron chi connectivity index (χ2n) is 5.65. The molecule has 9 nitrogen and oxygen atoms in total. The Labute approximate surface area is 154 Å². The maximum absolute atomic E-state index is 11.9. The molecule has 0 spiro atoms. The minimum atomic E-state index is -1.07. The smallest absolute Gasteiger partial charge is 0.326 e. The zero-order valence-corrected chi connectivity index (χ0v) is 15.6. The summed E-state index contributed by atoms with van der Waals surface area (Å²) < 4.78 is 0. The molecule has 1 rings (SSSR count). The van der Waals surface area contributed by atoms with E-state index in [9.17, 15) is 19.6 Å². The maximum Gasteiger partial charge on any atom is 0.326 e. The monoisotopic (exact) mass is 391 g/mol. The van der Waals surface area contributed by atoms with Crippen LogP contribution in [-0.4, -0.2) is 46.5 Å². The number of nitroso groups, excluding NO2 is 1. The number of hydrogen-bond acceptors (Lipinski definition) is 7. The van der Waals surface area contributed by atoms with Gasteiger partial charge in [-0.25, -0.2) is 10.2 Å². The number of carboxylic acids is 1. The van der Waals surface area contributed by atoms with Gasteiger partial charge in [-0.1, -0.05) is 28.0 Å². The number of guanidine groups is 1. The summed E-state index contributed by atoms with van der Waals surface area (Å²) in [6, 6.07) is -0.942. The summed E-state index contributed by atoms with van der Waals surface area (Å²) in [5.41, 5.74) is 7.26. The van der Waals surface area contributed by atoms with E-state index in [1.807, 2.05) is 27.0 Å². The lowest BCUT2D eigenvalue weighted by molar-refractivity contribution is -0.142. The number of rotatable bonds is 12. The highest BCUT2D eigenvalue weighted by Crippen LogP contribution is 2.39. The molecular weight excluding hydrogens is 366 g/mol. The number of aliphatic carboxylic acids is 1. The molecule has 142 valence electrons. The van der Waals surface area contributed by atoms with Gasteiger partial charge >= 0.3 is 5.97 Å². The van der Waals surface area contributed by atoms with Crippen molar-refractivity contribution in [2.75, 3.05) is 12.3 Å². The maximum atomic E-state index is 11.9. The molecule has 1 aliphatic heterocycles. The van der Waals surface area contributed by atoms with Crippen LogP contribution >= 0.6 is 21.6 Å². The Morgan fingerprint density at radius 2 is 2.12 bits per heavy atom. The molecule has 0 aromatic carbocycles. The fraction of sp³-hybridized carbons (Fsp3) is 0.786. The van der Waals surface area contributed by atoms with Crippen molar-refractivity contribution in [3.63, 3.8) is 0 Å². The van der Waals surface area contributed by atoms with Gasteiger partial charge in [0.2, 0.25) is 11.9 Å². The summed E-state index contributed by atoms with van der Waals surface area (Å²) in [6.45, 7) is 0.241. The van der Waals surface area contributed by atoms with E-state index in [2.05, 4.69) is 15.6 Å². The van der Waals surface area contributed by atoms with E-state index < -0.39 is 12.0 Å². The van der Waals surface area contributed by atoms with Crippen molar-refractivity contribution in [3.8, 4) is 0 Å². The number of carboxylic acid groups (broad SMARTS) is 1. The number of hydrogen-bond donors (Lipinski definition) is 4. The number of aliphatic imine (C=N–C) groups is 1. The highest BCUT2D eigenvalue weighted by Gasteiger charge is 2.20. The van der Waals surface area contributed by atoms with Gasteiger partial charge in [0.15, 0.2) is 0 Å². The fourth-order valence-corrected chi connectivity index (χ4v) is 5.35. The van der Waals surface area contributed by atoms with Crippen LogP contribution in [0.15, 0.2) is 10.3 Å². The molecular formula is C14H25N5O4S2. The Morgan fingerprint density at radius 1 is 1.32 bits per heavy atom. The van der Waals surface area contributed by atoms with Crippen molar-refractivity contribution >= 4 is 39.4 Å². The van der Waals surface area contributed by atoms with E-state index in [0.29, 0.717) is 18.1 Å². The third-order valence-electron chi connectivity index (χ3n) is 3.63. The molecule has 1 saturated heterocycles. The first-order valence-electron chi connectivity index (χ1n) is 8.21. The van der Waals surface area contributed by atoms with Gasteiger partial charge in [0.1, 0.15) is 6.04 Å². The zero-order valence-electron chi connectivity index (χ0n) is 14.0. The lowest BCUT2D eigenvalue weighted by atomic mass is 10.1. The van der Waals surface area contributed by atoms with Crippen LogP contribution in [0.3, 0.4) is 0 Å². The van der Waals surface area contributed by atoms with Crippen LogP contribution in [0, 0.1) is 4.91 Å². The lowest BCUT2D eigenvalue weighted by Gasteiger charge is -2.14. The number of nitrogens with zero attached hydrogens (tertiary/aromatic N) is 2. The Kier molecular flexibility index (Phi) is 11.0. The highest BCUT2D eigenvalue weighted by atomic mass is 33.1. The first-order valence-corrected chi connectivity index (χ1v) is 10.6. The summed E-state index contributed by atoms with van der Waals surface area (Å²) in [7, 11) is 3.83. The van der Waals surface area contributed by atoms with E-state index in [1.165, 1.54) is 12.2 Å². The number of carbonyl (C=O) groups excluding carboxylic acids is 1. The number of nitrogens with one attached hydrogen (secondary N) is 2. The van der Waals surface area contributed by atoms with Crippen LogP contribution in [0.1, 0.15) is 44.9 Å². The molecule has 0 aromatic rings. The van der Waals surface area contributed by atoms with Gasteiger partial charge in [-0.05, 0) is 32.1 Å². The fourth-order valence-electron chi connectivity index (χ4n) is 2.32. The number of nitrogens with two attached hydrogens (primary N) is 1. The van der Waals surface area contributed by atoms with Crippen LogP contribution in [-0.2, 0) is 9.59 Å². The largest absolute Gasteiger partial charge is 0.480 e. The van der Waals surface area contributed by atoms with Crippen molar-refractivity contribution in [1.82, 2.24) is 10.7 Å². The van der Waals surface area contributed by atoms with Crippen molar-refractivity contribution < 1.29 is 14.7 Å². The third-order valence-corrected chi connectivity index (χ3v) is 6.64. The molecule has 1 heterocycles. The minimum absolute atomic E-state index is 0.121.